The van der Waals surface area contributed by atoms with E-state index in [-0.39, 0.29) is 23.4 Å². The van der Waals surface area contributed by atoms with Crippen molar-refractivity contribution in [2.75, 3.05) is 19.6 Å². The summed E-state index contributed by atoms with van der Waals surface area (Å²) in [6.45, 7) is 5.98. The molecule has 2 N–H and O–H groups in total. The van der Waals surface area contributed by atoms with Crippen LogP contribution in [0.2, 0.25) is 0 Å². The molecule has 1 saturated heterocycles. The number of nitrogens with zero attached hydrogens (tertiary/aromatic N) is 1. The third-order valence-corrected chi connectivity index (χ3v) is 5.28. The van der Waals surface area contributed by atoms with Gasteiger partial charge in [0, 0.05) is 6.54 Å². The molecule has 29 heavy (non-hydrogen) atoms. The predicted octanol–water partition coefficient (Wildman–Crippen LogP) is 3.13. The first kappa shape index (κ1) is 21.0. The molecule has 1 aliphatic heterocycles. The van der Waals surface area contributed by atoms with Crippen LogP contribution in [-0.2, 0) is 4.79 Å². The third kappa shape index (κ3) is 5.23. The van der Waals surface area contributed by atoms with Crippen molar-refractivity contribution in [2.24, 2.45) is 5.92 Å². The largest absolute Gasteiger partial charge is 0.468 e. The number of nitrogens with one attached hydrogen (secondary N) is 2. The van der Waals surface area contributed by atoms with Gasteiger partial charge in [-0.05, 0) is 56.1 Å². The Morgan fingerprint density at radius 1 is 1.14 bits per heavy atom. The molecule has 1 fully saturated rings. The quantitative estimate of drug-likeness (QED) is 0.713. The average Bonchev–Trinajstić information content (AvgIpc) is 3.40. The van der Waals surface area contributed by atoms with Gasteiger partial charge in [-0.3, -0.25) is 14.5 Å². The maximum absolute atomic E-state index is 13.9. The van der Waals surface area contributed by atoms with E-state index in [0.29, 0.717) is 6.54 Å². The molecule has 2 amide bonds. The Kier molecular flexibility index (Phi) is 7.04. The smallest absolute Gasteiger partial charge is 0.254 e. The van der Waals surface area contributed by atoms with Crippen LogP contribution in [0.3, 0.4) is 0 Å². The molecule has 6 nitrogen and oxygen atoms in total. The highest BCUT2D eigenvalue weighted by Crippen LogP contribution is 2.25. The van der Waals surface area contributed by atoms with E-state index >= 15 is 0 Å². The molecule has 0 unspecified atom stereocenters. The molecule has 0 saturated carbocycles. The van der Waals surface area contributed by atoms with Gasteiger partial charge < -0.3 is 15.1 Å². The summed E-state index contributed by atoms with van der Waals surface area (Å²) < 4.78 is 19.5. The monoisotopic (exact) mass is 401 g/mol. The number of carbonyl (C=O) groups is 2. The van der Waals surface area contributed by atoms with Gasteiger partial charge in [0.15, 0.2) is 0 Å². The molecule has 1 aliphatic rings. The number of amides is 2. The van der Waals surface area contributed by atoms with E-state index in [2.05, 4.69) is 15.5 Å². The summed E-state index contributed by atoms with van der Waals surface area (Å²) in [4.78, 5) is 27.6. The molecule has 2 atom stereocenters. The minimum absolute atomic E-state index is 0.0495. The SMILES string of the molecule is CC(C)[C@H](NC(=O)c1ccccc1F)C(=O)NC[C@@H](c1ccco1)N1CCCC1. The first-order valence-corrected chi connectivity index (χ1v) is 10.1. The van der Waals surface area contributed by atoms with Gasteiger partial charge in [-0.2, -0.15) is 0 Å². The van der Waals surface area contributed by atoms with Crippen LogP contribution in [0.1, 0.15) is 48.8 Å². The second-order valence-electron chi connectivity index (χ2n) is 7.69. The Balaban J connectivity index is 1.65. The summed E-state index contributed by atoms with van der Waals surface area (Å²) in [6.07, 6.45) is 3.88. The zero-order valence-electron chi connectivity index (χ0n) is 16.9. The van der Waals surface area contributed by atoms with Gasteiger partial charge in [0.2, 0.25) is 5.91 Å². The van der Waals surface area contributed by atoms with Crippen molar-refractivity contribution in [2.45, 2.75) is 38.8 Å². The third-order valence-electron chi connectivity index (χ3n) is 5.28. The molecule has 1 aromatic heterocycles. The number of hydrogen-bond acceptors (Lipinski definition) is 4. The van der Waals surface area contributed by atoms with Gasteiger partial charge >= 0.3 is 0 Å². The molecule has 2 heterocycles. The summed E-state index contributed by atoms with van der Waals surface area (Å²) in [5.41, 5.74) is -0.0727. The van der Waals surface area contributed by atoms with Crippen LogP contribution in [-0.4, -0.2) is 42.4 Å². The van der Waals surface area contributed by atoms with Crippen molar-refractivity contribution in [1.29, 1.82) is 0 Å². The van der Waals surface area contributed by atoms with E-state index in [1.54, 1.807) is 12.3 Å². The predicted molar refractivity (Wildman–Crippen MR) is 108 cm³/mol. The Labute approximate surface area is 170 Å². The van der Waals surface area contributed by atoms with E-state index in [1.165, 1.54) is 18.2 Å². The topological polar surface area (TPSA) is 74.6 Å². The average molecular weight is 401 g/mol. The minimum Gasteiger partial charge on any atom is -0.468 e. The van der Waals surface area contributed by atoms with E-state index in [1.807, 2.05) is 26.0 Å². The fourth-order valence-electron chi connectivity index (χ4n) is 3.65. The van der Waals surface area contributed by atoms with E-state index < -0.39 is 17.8 Å². The lowest BCUT2D eigenvalue weighted by molar-refractivity contribution is -0.124. The fraction of sp³-hybridized carbons (Fsp3) is 0.455. The van der Waals surface area contributed by atoms with Gasteiger partial charge in [-0.25, -0.2) is 4.39 Å². The molecule has 0 bridgehead atoms. The summed E-state index contributed by atoms with van der Waals surface area (Å²) in [5.74, 6) is -0.845. The van der Waals surface area contributed by atoms with Gasteiger partial charge in [0.05, 0.1) is 17.9 Å². The van der Waals surface area contributed by atoms with Crippen molar-refractivity contribution in [1.82, 2.24) is 15.5 Å². The standard InChI is InChI=1S/C22H28FN3O3/c1-15(2)20(25-21(27)16-8-3-4-9-17(16)23)22(28)24-14-18(19-10-7-13-29-19)26-11-5-6-12-26/h3-4,7-10,13,15,18,20H,5-6,11-12,14H2,1-2H3,(H,24,28)(H,25,27)/t18-,20-/m0/s1. The van der Waals surface area contributed by atoms with Crippen LogP contribution in [0.15, 0.2) is 47.1 Å². The Morgan fingerprint density at radius 2 is 1.86 bits per heavy atom. The first-order valence-electron chi connectivity index (χ1n) is 10.1. The summed E-state index contributed by atoms with van der Waals surface area (Å²) in [7, 11) is 0. The number of rotatable bonds is 8. The number of likely N-dealkylation sites (tertiary alicyclic amines) is 1. The fourth-order valence-corrected chi connectivity index (χ4v) is 3.65. The number of halogens is 1. The minimum atomic E-state index is -0.766. The Morgan fingerprint density at radius 3 is 2.48 bits per heavy atom. The molecule has 156 valence electrons. The maximum Gasteiger partial charge on any atom is 0.254 e. The number of furan rings is 1. The first-order chi connectivity index (χ1) is 14.0. The van der Waals surface area contributed by atoms with Gasteiger partial charge in [0.1, 0.15) is 17.6 Å². The van der Waals surface area contributed by atoms with Crippen LogP contribution >= 0.6 is 0 Å². The molecule has 0 radical (unpaired) electrons. The van der Waals surface area contributed by atoms with Gasteiger partial charge in [0.25, 0.3) is 5.91 Å². The van der Waals surface area contributed by atoms with Gasteiger partial charge in [-0.15, -0.1) is 0 Å². The second kappa shape index (κ2) is 9.69. The summed E-state index contributed by atoms with van der Waals surface area (Å²) in [6, 6.07) is 8.67. The zero-order chi connectivity index (χ0) is 20.8. The van der Waals surface area contributed by atoms with Crippen molar-refractivity contribution >= 4 is 11.8 Å². The molecular formula is C22H28FN3O3. The number of carbonyl (C=O) groups excluding carboxylic acids is 2. The highest BCUT2D eigenvalue weighted by atomic mass is 19.1. The van der Waals surface area contributed by atoms with E-state index in [0.717, 1.165) is 31.7 Å². The van der Waals surface area contributed by atoms with Crippen molar-refractivity contribution < 1.29 is 18.4 Å². The summed E-state index contributed by atoms with van der Waals surface area (Å²) >= 11 is 0. The molecule has 2 aromatic rings. The lowest BCUT2D eigenvalue weighted by Gasteiger charge is -2.28. The lowest BCUT2D eigenvalue weighted by atomic mass is 10.0. The second-order valence-corrected chi connectivity index (χ2v) is 7.69. The number of hydrogen-bond donors (Lipinski definition) is 2. The lowest BCUT2D eigenvalue weighted by Crippen LogP contribution is -2.51. The molecular weight excluding hydrogens is 373 g/mol. The van der Waals surface area contributed by atoms with Crippen LogP contribution in [0, 0.1) is 11.7 Å². The zero-order valence-corrected chi connectivity index (χ0v) is 16.9. The molecule has 7 heteroatoms. The van der Waals surface area contributed by atoms with Crippen LogP contribution in [0.25, 0.3) is 0 Å². The number of benzene rings is 1. The van der Waals surface area contributed by atoms with Crippen molar-refractivity contribution in [3.8, 4) is 0 Å². The summed E-state index contributed by atoms with van der Waals surface area (Å²) in [5, 5.41) is 5.63. The Hall–Kier alpha value is -2.67. The van der Waals surface area contributed by atoms with E-state index in [4.69, 9.17) is 4.42 Å². The molecule has 1 aromatic carbocycles. The van der Waals surface area contributed by atoms with Crippen LogP contribution in [0.4, 0.5) is 4.39 Å². The van der Waals surface area contributed by atoms with Crippen LogP contribution < -0.4 is 10.6 Å². The highest BCUT2D eigenvalue weighted by molar-refractivity contribution is 5.97. The van der Waals surface area contributed by atoms with Crippen LogP contribution in [0.5, 0.6) is 0 Å². The normalized spacial score (nSPS) is 16.6. The van der Waals surface area contributed by atoms with Crippen molar-refractivity contribution in [3.05, 3.63) is 59.8 Å². The molecule has 0 aliphatic carbocycles. The van der Waals surface area contributed by atoms with Gasteiger partial charge in [-0.1, -0.05) is 26.0 Å². The Bertz CT molecular complexity index is 816. The highest BCUT2D eigenvalue weighted by Gasteiger charge is 2.29. The van der Waals surface area contributed by atoms with Crippen molar-refractivity contribution in [3.63, 3.8) is 0 Å². The van der Waals surface area contributed by atoms with E-state index in [9.17, 15) is 14.0 Å². The molecule has 0 spiro atoms. The maximum atomic E-state index is 13.9. The molecule has 3 rings (SSSR count).